The predicted octanol–water partition coefficient (Wildman–Crippen LogP) is 3.28. The van der Waals surface area contributed by atoms with Gasteiger partial charge in [-0.3, -0.25) is 4.79 Å². The molecule has 0 bridgehead atoms. The Labute approximate surface area is 124 Å². The van der Waals surface area contributed by atoms with Crippen molar-refractivity contribution in [2.75, 3.05) is 18.0 Å². The van der Waals surface area contributed by atoms with Gasteiger partial charge < -0.3 is 15.1 Å². The number of carbonyl (C=O) groups excluding carboxylic acids is 1. The molecule has 1 atom stereocenters. The van der Waals surface area contributed by atoms with Crippen LogP contribution in [0.2, 0.25) is 0 Å². The minimum Gasteiger partial charge on any atom is -0.464 e. The van der Waals surface area contributed by atoms with Crippen molar-refractivity contribution in [3.05, 3.63) is 42.2 Å². The van der Waals surface area contributed by atoms with Crippen molar-refractivity contribution in [1.29, 1.82) is 0 Å². The van der Waals surface area contributed by atoms with E-state index >= 15 is 0 Å². The average Bonchev–Trinajstić information content (AvgIpc) is 3.00. The van der Waals surface area contributed by atoms with E-state index in [1.54, 1.807) is 12.3 Å². The molecule has 1 saturated heterocycles. The minimum atomic E-state index is -0.415. The van der Waals surface area contributed by atoms with E-state index in [9.17, 15) is 4.79 Å². The maximum Gasteiger partial charge on any atom is 0.248 e. The highest BCUT2D eigenvalue weighted by atomic mass is 16.3. The number of piperidine rings is 1. The summed E-state index contributed by atoms with van der Waals surface area (Å²) in [4.78, 5) is 13.8. The number of benzene rings is 1. The average molecular weight is 284 g/mol. The zero-order chi connectivity index (χ0) is 14.8. The van der Waals surface area contributed by atoms with Crippen molar-refractivity contribution >= 4 is 11.6 Å². The summed E-state index contributed by atoms with van der Waals surface area (Å²) in [5.74, 6) is 1.03. The van der Waals surface area contributed by atoms with Crippen LogP contribution in [0.1, 0.15) is 30.1 Å². The first kappa shape index (κ1) is 13.7. The molecule has 21 heavy (non-hydrogen) atoms. The van der Waals surface area contributed by atoms with Crippen LogP contribution in [0.3, 0.4) is 0 Å². The number of carbonyl (C=O) groups is 1. The molecule has 1 amide bonds. The zero-order valence-corrected chi connectivity index (χ0v) is 12.2. The van der Waals surface area contributed by atoms with Gasteiger partial charge in [-0.25, -0.2) is 0 Å². The lowest BCUT2D eigenvalue weighted by Gasteiger charge is -2.34. The van der Waals surface area contributed by atoms with E-state index in [1.807, 2.05) is 24.3 Å². The number of anilines is 1. The molecule has 2 N–H and O–H groups in total. The highest BCUT2D eigenvalue weighted by Crippen LogP contribution is 2.34. The van der Waals surface area contributed by atoms with Crippen molar-refractivity contribution in [2.45, 2.75) is 19.8 Å². The van der Waals surface area contributed by atoms with Gasteiger partial charge in [0.15, 0.2) is 0 Å². The molecule has 110 valence electrons. The number of rotatable bonds is 3. The van der Waals surface area contributed by atoms with Crippen LogP contribution >= 0.6 is 0 Å². The molecule has 1 aromatic carbocycles. The van der Waals surface area contributed by atoms with Crippen molar-refractivity contribution in [3.63, 3.8) is 0 Å². The Morgan fingerprint density at radius 2 is 2.24 bits per heavy atom. The van der Waals surface area contributed by atoms with Crippen LogP contribution in [0, 0.1) is 5.92 Å². The molecule has 0 spiro atoms. The lowest BCUT2D eigenvalue weighted by atomic mass is 9.97. The van der Waals surface area contributed by atoms with E-state index in [4.69, 9.17) is 10.2 Å². The lowest BCUT2D eigenvalue weighted by Crippen LogP contribution is -2.34. The van der Waals surface area contributed by atoms with E-state index in [-0.39, 0.29) is 0 Å². The van der Waals surface area contributed by atoms with Crippen LogP contribution in [-0.4, -0.2) is 19.0 Å². The van der Waals surface area contributed by atoms with Gasteiger partial charge in [0.2, 0.25) is 5.91 Å². The van der Waals surface area contributed by atoms with Crippen LogP contribution in [0.15, 0.2) is 41.0 Å². The summed E-state index contributed by atoms with van der Waals surface area (Å²) in [5.41, 5.74) is 7.96. The first-order chi connectivity index (χ1) is 10.1. The van der Waals surface area contributed by atoms with E-state index in [0.717, 1.165) is 30.1 Å². The first-order valence-corrected chi connectivity index (χ1v) is 7.38. The molecular weight excluding hydrogens is 264 g/mol. The predicted molar refractivity (Wildman–Crippen MR) is 83.3 cm³/mol. The number of nitrogens with zero attached hydrogens (tertiary/aromatic N) is 1. The molecular formula is C17H20N2O2. The Bertz CT molecular complexity index is 634. The van der Waals surface area contributed by atoms with Crippen LogP contribution in [0.5, 0.6) is 0 Å². The largest absolute Gasteiger partial charge is 0.464 e. The Morgan fingerprint density at radius 1 is 1.38 bits per heavy atom. The second-order valence-electron chi connectivity index (χ2n) is 5.77. The van der Waals surface area contributed by atoms with Gasteiger partial charge in [0.05, 0.1) is 6.26 Å². The third-order valence-electron chi connectivity index (χ3n) is 4.07. The fourth-order valence-electron chi connectivity index (χ4n) is 3.00. The van der Waals surface area contributed by atoms with Crippen LogP contribution < -0.4 is 10.6 Å². The number of amides is 1. The van der Waals surface area contributed by atoms with E-state index < -0.39 is 5.91 Å². The molecule has 1 fully saturated rings. The number of nitrogens with two attached hydrogens (primary N) is 1. The Morgan fingerprint density at radius 3 is 2.90 bits per heavy atom. The minimum absolute atomic E-state index is 0.415. The van der Waals surface area contributed by atoms with Gasteiger partial charge in [0, 0.05) is 29.9 Å². The molecule has 2 heterocycles. The van der Waals surface area contributed by atoms with Crippen molar-refractivity contribution in [2.24, 2.45) is 11.7 Å². The molecule has 4 heteroatoms. The number of furan rings is 1. The summed E-state index contributed by atoms with van der Waals surface area (Å²) >= 11 is 0. The lowest BCUT2D eigenvalue weighted by molar-refractivity contribution is 0.100. The SMILES string of the molecule is CC1CCCN(c2ccc(C(N)=O)cc2-c2ccco2)C1. The monoisotopic (exact) mass is 284 g/mol. The molecule has 0 aliphatic carbocycles. The molecule has 0 saturated carbocycles. The van der Waals surface area contributed by atoms with E-state index in [1.165, 1.54) is 12.8 Å². The van der Waals surface area contributed by atoms with Crippen LogP contribution in [-0.2, 0) is 0 Å². The first-order valence-electron chi connectivity index (χ1n) is 7.38. The van der Waals surface area contributed by atoms with E-state index in [0.29, 0.717) is 11.5 Å². The number of hydrogen-bond donors (Lipinski definition) is 1. The van der Waals surface area contributed by atoms with E-state index in [2.05, 4.69) is 11.8 Å². The molecule has 3 rings (SSSR count). The third-order valence-corrected chi connectivity index (χ3v) is 4.07. The number of primary amides is 1. The maximum atomic E-state index is 11.4. The molecule has 0 radical (unpaired) electrons. The normalized spacial score (nSPS) is 18.7. The van der Waals surface area contributed by atoms with Gasteiger partial charge in [-0.2, -0.15) is 0 Å². The molecule has 1 aliphatic heterocycles. The Balaban J connectivity index is 2.04. The summed E-state index contributed by atoms with van der Waals surface area (Å²) in [6.07, 6.45) is 4.11. The Kier molecular flexibility index (Phi) is 3.69. The summed E-state index contributed by atoms with van der Waals surface area (Å²) in [6, 6.07) is 9.38. The van der Waals surface area contributed by atoms with Crippen molar-refractivity contribution in [1.82, 2.24) is 0 Å². The van der Waals surface area contributed by atoms with Gasteiger partial charge in [0.25, 0.3) is 0 Å². The maximum absolute atomic E-state index is 11.4. The molecule has 4 nitrogen and oxygen atoms in total. The highest BCUT2D eigenvalue weighted by molar-refractivity contribution is 5.95. The quantitative estimate of drug-likeness (QED) is 0.941. The van der Waals surface area contributed by atoms with Crippen LogP contribution in [0.4, 0.5) is 5.69 Å². The van der Waals surface area contributed by atoms with Crippen LogP contribution in [0.25, 0.3) is 11.3 Å². The standard InChI is InChI=1S/C17H20N2O2/c1-12-4-2-8-19(11-12)15-7-6-13(17(18)20)10-14(15)16-5-3-9-21-16/h3,5-7,9-10,12H,2,4,8,11H2,1H3,(H2,18,20). The van der Waals surface area contributed by atoms with Gasteiger partial charge in [-0.05, 0) is 49.1 Å². The summed E-state index contributed by atoms with van der Waals surface area (Å²) in [6.45, 7) is 4.34. The fraction of sp³-hybridized carbons (Fsp3) is 0.353. The van der Waals surface area contributed by atoms with Gasteiger partial charge in [-0.1, -0.05) is 6.92 Å². The topological polar surface area (TPSA) is 59.5 Å². The molecule has 1 unspecified atom stereocenters. The van der Waals surface area contributed by atoms with Gasteiger partial charge in [0.1, 0.15) is 5.76 Å². The highest BCUT2D eigenvalue weighted by Gasteiger charge is 2.21. The Hall–Kier alpha value is -2.23. The van der Waals surface area contributed by atoms with Crippen molar-refractivity contribution in [3.8, 4) is 11.3 Å². The number of hydrogen-bond acceptors (Lipinski definition) is 3. The zero-order valence-electron chi connectivity index (χ0n) is 12.2. The molecule has 2 aromatic rings. The summed E-state index contributed by atoms with van der Waals surface area (Å²) < 4.78 is 5.53. The molecule has 1 aromatic heterocycles. The second kappa shape index (κ2) is 5.64. The van der Waals surface area contributed by atoms with Gasteiger partial charge in [-0.15, -0.1) is 0 Å². The summed E-state index contributed by atoms with van der Waals surface area (Å²) in [5, 5.41) is 0. The second-order valence-corrected chi connectivity index (χ2v) is 5.77. The van der Waals surface area contributed by atoms with Crippen molar-refractivity contribution < 1.29 is 9.21 Å². The summed E-state index contributed by atoms with van der Waals surface area (Å²) in [7, 11) is 0. The molecule has 1 aliphatic rings. The smallest absolute Gasteiger partial charge is 0.248 e. The third kappa shape index (κ3) is 2.79. The van der Waals surface area contributed by atoms with Gasteiger partial charge >= 0.3 is 0 Å². The fourth-order valence-corrected chi connectivity index (χ4v) is 3.00.